The van der Waals surface area contributed by atoms with Crippen LogP contribution < -0.4 is 0 Å². The lowest BCUT2D eigenvalue weighted by Gasteiger charge is -2.40. The second-order valence-corrected chi connectivity index (χ2v) is 12.3. The molecule has 102 valence electrons. The molecule has 0 N–H and O–H groups in total. The van der Waals surface area contributed by atoms with Crippen molar-refractivity contribution in [2.24, 2.45) is 17.8 Å². The highest BCUT2D eigenvalue weighted by atomic mass is 28.4. The van der Waals surface area contributed by atoms with Crippen LogP contribution in [-0.4, -0.2) is 14.4 Å². The lowest BCUT2D eigenvalue weighted by molar-refractivity contribution is 0.153. The maximum atomic E-state index is 6.66. The van der Waals surface area contributed by atoms with Crippen molar-refractivity contribution in [3.05, 3.63) is 24.3 Å². The minimum Gasteiger partial charge on any atom is -0.413 e. The molecule has 4 unspecified atom stereocenters. The van der Waals surface area contributed by atoms with E-state index in [0.29, 0.717) is 23.0 Å². The maximum Gasteiger partial charge on any atom is 0.192 e. The van der Waals surface area contributed by atoms with Crippen LogP contribution in [0.15, 0.2) is 24.3 Å². The second kappa shape index (κ2) is 4.64. The first-order valence-corrected chi connectivity index (χ1v) is 10.2. The van der Waals surface area contributed by atoms with Crippen molar-refractivity contribution in [1.82, 2.24) is 0 Å². The number of allylic oxidation sites excluding steroid dienone is 3. The fraction of sp³-hybridized carbons (Fsp3) is 0.750. The molecule has 1 fully saturated rings. The molecule has 2 heteroatoms. The van der Waals surface area contributed by atoms with Crippen molar-refractivity contribution >= 4 is 8.32 Å². The zero-order valence-corrected chi connectivity index (χ0v) is 13.7. The molecule has 1 nitrogen and oxygen atoms in total. The average molecular weight is 264 g/mol. The Labute approximate surface area is 113 Å². The summed E-state index contributed by atoms with van der Waals surface area (Å²) in [4.78, 5) is 0. The normalized spacial score (nSPS) is 35.9. The summed E-state index contributed by atoms with van der Waals surface area (Å²) in [6.07, 6.45) is 10.8. The third-order valence-electron chi connectivity index (χ3n) is 5.16. The molecule has 0 heterocycles. The summed E-state index contributed by atoms with van der Waals surface area (Å²) in [6.45, 7) is 14.1. The van der Waals surface area contributed by atoms with Gasteiger partial charge >= 0.3 is 0 Å². The zero-order valence-electron chi connectivity index (χ0n) is 12.7. The Hall–Kier alpha value is -0.343. The predicted octanol–water partition coefficient (Wildman–Crippen LogP) is 4.78. The van der Waals surface area contributed by atoms with Gasteiger partial charge in [0, 0.05) is 5.92 Å². The number of hydrogen-bond acceptors (Lipinski definition) is 1. The maximum absolute atomic E-state index is 6.66. The van der Waals surface area contributed by atoms with Gasteiger partial charge in [0.05, 0.1) is 6.10 Å². The Kier molecular flexibility index (Phi) is 3.63. The van der Waals surface area contributed by atoms with E-state index in [1.54, 1.807) is 0 Å². The first-order chi connectivity index (χ1) is 8.22. The van der Waals surface area contributed by atoms with Crippen molar-refractivity contribution in [3.63, 3.8) is 0 Å². The minimum atomic E-state index is -1.63. The predicted molar refractivity (Wildman–Crippen MR) is 81.1 cm³/mol. The van der Waals surface area contributed by atoms with Crippen molar-refractivity contribution < 1.29 is 4.43 Å². The van der Waals surface area contributed by atoms with E-state index in [4.69, 9.17) is 4.43 Å². The van der Waals surface area contributed by atoms with E-state index in [-0.39, 0.29) is 0 Å². The zero-order chi connectivity index (χ0) is 13.6. The lowest BCUT2D eigenvalue weighted by atomic mass is 9.87. The quantitative estimate of drug-likeness (QED) is 0.652. The van der Waals surface area contributed by atoms with Crippen molar-refractivity contribution in [2.45, 2.75) is 58.4 Å². The van der Waals surface area contributed by atoms with Crippen LogP contribution in [0.4, 0.5) is 0 Å². The standard InChI is InChI=1S/C16H28OSi/c1-12-11-15(14-10-8-7-9-13(12)14)17-18(5,6)16(2,3)4/h7-10,12-15H,11H2,1-6H3. The summed E-state index contributed by atoms with van der Waals surface area (Å²) in [5.41, 5.74) is 0. The van der Waals surface area contributed by atoms with E-state index in [1.807, 2.05) is 0 Å². The van der Waals surface area contributed by atoms with Crippen LogP contribution >= 0.6 is 0 Å². The van der Waals surface area contributed by atoms with Gasteiger partial charge in [-0.1, -0.05) is 52.0 Å². The van der Waals surface area contributed by atoms with E-state index in [2.05, 4.69) is 65.1 Å². The number of fused-ring (bicyclic) bond motifs is 1. The molecule has 18 heavy (non-hydrogen) atoms. The fourth-order valence-corrected chi connectivity index (χ4v) is 4.31. The summed E-state index contributed by atoms with van der Waals surface area (Å²) in [5, 5.41) is 0.308. The Morgan fingerprint density at radius 3 is 2.17 bits per heavy atom. The Morgan fingerprint density at radius 1 is 1.06 bits per heavy atom. The van der Waals surface area contributed by atoms with Crippen LogP contribution in [0, 0.1) is 17.8 Å². The van der Waals surface area contributed by atoms with Gasteiger partial charge in [-0.2, -0.15) is 0 Å². The fourth-order valence-electron chi connectivity index (χ4n) is 2.94. The molecule has 4 atom stereocenters. The first kappa shape index (κ1) is 14.1. The van der Waals surface area contributed by atoms with Gasteiger partial charge in [-0.15, -0.1) is 0 Å². The van der Waals surface area contributed by atoms with Gasteiger partial charge < -0.3 is 4.43 Å². The summed E-state index contributed by atoms with van der Waals surface area (Å²) in [5.74, 6) is 2.06. The molecule has 2 rings (SSSR count). The van der Waals surface area contributed by atoms with E-state index in [9.17, 15) is 0 Å². The van der Waals surface area contributed by atoms with Gasteiger partial charge in [0.1, 0.15) is 0 Å². The molecule has 0 aromatic rings. The van der Waals surface area contributed by atoms with Gasteiger partial charge in [0.2, 0.25) is 0 Å². The van der Waals surface area contributed by atoms with E-state index in [0.717, 1.165) is 5.92 Å². The molecule has 0 aromatic heterocycles. The molecule has 0 amide bonds. The van der Waals surface area contributed by atoms with Crippen LogP contribution in [0.25, 0.3) is 0 Å². The van der Waals surface area contributed by atoms with Crippen LogP contribution in [0.2, 0.25) is 18.1 Å². The highest BCUT2D eigenvalue weighted by Crippen LogP contribution is 2.46. The van der Waals surface area contributed by atoms with Crippen LogP contribution in [0.3, 0.4) is 0 Å². The molecular weight excluding hydrogens is 236 g/mol. The van der Waals surface area contributed by atoms with Gasteiger partial charge in [0.25, 0.3) is 0 Å². The van der Waals surface area contributed by atoms with Crippen molar-refractivity contribution in [2.75, 3.05) is 0 Å². The van der Waals surface area contributed by atoms with Gasteiger partial charge in [-0.05, 0) is 36.4 Å². The summed E-state index contributed by atoms with van der Waals surface area (Å²) >= 11 is 0. The molecule has 0 aliphatic heterocycles. The van der Waals surface area contributed by atoms with E-state index in [1.165, 1.54) is 6.42 Å². The first-order valence-electron chi connectivity index (χ1n) is 7.25. The number of hydrogen-bond donors (Lipinski definition) is 0. The molecule has 0 spiro atoms. The molecule has 0 saturated heterocycles. The summed E-state index contributed by atoms with van der Waals surface area (Å²) in [6, 6.07) is 0. The minimum absolute atomic E-state index is 0.308. The van der Waals surface area contributed by atoms with Crippen molar-refractivity contribution in [3.8, 4) is 0 Å². The van der Waals surface area contributed by atoms with Crippen LogP contribution in [0.5, 0.6) is 0 Å². The van der Waals surface area contributed by atoms with Crippen molar-refractivity contribution in [1.29, 1.82) is 0 Å². The summed E-state index contributed by atoms with van der Waals surface area (Å²) < 4.78 is 6.66. The van der Waals surface area contributed by atoms with Gasteiger partial charge in [-0.25, -0.2) is 0 Å². The molecule has 0 radical (unpaired) electrons. The van der Waals surface area contributed by atoms with Crippen LogP contribution in [-0.2, 0) is 4.43 Å². The lowest BCUT2D eigenvalue weighted by Crippen LogP contribution is -2.45. The largest absolute Gasteiger partial charge is 0.413 e. The smallest absolute Gasteiger partial charge is 0.192 e. The van der Waals surface area contributed by atoms with Gasteiger partial charge in [0.15, 0.2) is 8.32 Å². The second-order valence-electron chi connectivity index (χ2n) is 7.55. The molecule has 0 aromatic carbocycles. The third-order valence-corrected chi connectivity index (χ3v) is 9.67. The third kappa shape index (κ3) is 2.50. The molecule has 1 saturated carbocycles. The van der Waals surface area contributed by atoms with Crippen LogP contribution in [0.1, 0.15) is 34.1 Å². The molecule has 2 aliphatic carbocycles. The molecule has 2 aliphatic rings. The van der Waals surface area contributed by atoms with Gasteiger partial charge in [-0.3, -0.25) is 0 Å². The highest BCUT2D eigenvalue weighted by molar-refractivity contribution is 6.74. The highest BCUT2D eigenvalue weighted by Gasteiger charge is 2.45. The summed E-state index contributed by atoms with van der Waals surface area (Å²) in [7, 11) is -1.63. The Morgan fingerprint density at radius 2 is 1.61 bits per heavy atom. The average Bonchev–Trinajstić information content (AvgIpc) is 2.55. The monoisotopic (exact) mass is 264 g/mol. The SMILES string of the molecule is CC1CC(O[Si](C)(C)C(C)(C)C)C2C=CC=CC12. The molecule has 0 bridgehead atoms. The Balaban J connectivity index is 2.12. The van der Waals surface area contributed by atoms with E-state index < -0.39 is 8.32 Å². The topological polar surface area (TPSA) is 9.23 Å². The number of rotatable bonds is 2. The molecular formula is C16H28OSi. The van der Waals surface area contributed by atoms with E-state index >= 15 is 0 Å². The Bertz CT molecular complexity index is 362.